The second-order valence-electron chi connectivity index (χ2n) is 20.9. The Bertz CT molecular complexity index is 3480. The average molecular weight is 1030 g/mol. The van der Waals surface area contributed by atoms with Gasteiger partial charge in [-0.1, -0.05) is 174 Å². The summed E-state index contributed by atoms with van der Waals surface area (Å²) in [5.41, 5.74) is 10.2. The molecule has 2 aliphatic carbocycles. The van der Waals surface area contributed by atoms with Gasteiger partial charge in [-0.25, -0.2) is 0 Å². The van der Waals surface area contributed by atoms with Crippen molar-refractivity contribution < 1.29 is 19.5 Å². The highest BCUT2D eigenvalue weighted by atomic mass is 31.1. The van der Waals surface area contributed by atoms with Gasteiger partial charge in [0.05, 0.1) is 11.1 Å². The standard InChI is InChI=1S/C68H72N3O4P/c1-9-13-15-47(11-3)67(74)69-61-41-51-37-55(71(53-27-17-43(5)18-28-53)54-29-19-44(6)20-30-54)31-25-49(51)39-59(61)63-65(72)64(66(63)73)60-40-50-26-36-58(38-52(50)42-62(60)70-68(75)48(12-4)16-14-10-2)76(56-32-21-45(7)22-33-56)57-34-23-46(8)24-35-57/h17-42,47-48,72,76H,9-16H2,1-8H3,(H,69,74)(H,70,75)/b64-60+. The van der Waals surface area contributed by atoms with Gasteiger partial charge < -0.3 is 20.6 Å². The smallest absolute Gasteiger partial charge is 0.227 e. The van der Waals surface area contributed by atoms with Gasteiger partial charge in [-0.15, -0.1) is 0 Å². The first kappa shape index (κ1) is 53.4. The molecule has 2 aliphatic rings. The lowest BCUT2D eigenvalue weighted by Crippen LogP contribution is -2.33. The zero-order chi connectivity index (χ0) is 53.6. The van der Waals surface area contributed by atoms with Gasteiger partial charge in [0.2, 0.25) is 17.6 Å². The summed E-state index contributed by atoms with van der Waals surface area (Å²) in [6.07, 6.45) is 13.1. The molecule has 0 bridgehead atoms. The van der Waals surface area contributed by atoms with Crippen molar-refractivity contribution in [1.29, 1.82) is 0 Å². The van der Waals surface area contributed by atoms with Crippen LogP contribution in [0.15, 0.2) is 151 Å². The predicted molar refractivity (Wildman–Crippen MR) is 324 cm³/mol. The lowest BCUT2D eigenvalue weighted by Gasteiger charge is -2.27. The number of amides is 2. The third kappa shape index (κ3) is 11.4. The van der Waals surface area contributed by atoms with Gasteiger partial charge >= 0.3 is 0 Å². The normalized spacial score (nSPS) is 14.5. The number of aliphatic hydroxyl groups excluding tert-OH is 1. The number of hydrogen-bond donors (Lipinski definition) is 3. The van der Waals surface area contributed by atoms with Gasteiger partial charge in [0.15, 0.2) is 0 Å². The number of unbranched alkanes of at least 4 members (excludes halogenated alkanes) is 2. The van der Waals surface area contributed by atoms with E-state index in [0.717, 1.165) is 88.3 Å². The highest BCUT2D eigenvalue weighted by molar-refractivity contribution is 7.74. The third-order valence-corrected chi connectivity index (χ3v) is 18.0. The lowest BCUT2D eigenvalue weighted by molar-refractivity contribution is -0.121. The Morgan fingerprint density at radius 1 is 0.553 bits per heavy atom. The largest absolute Gasteiger partial charge is 0.506 e. The van der Waals surface area contributed by atoms with Gasteiger partial charge in [0, 0.05) is 51.1 Å². The molecule has 2 atom stereocenters. The number of anilines is 5. The topological polar surface area (TPSA) is 98.7 Å². The van der Waals surface area contributed by atoms with Gasteiger partial charge in [-0.3, -0.25) is 14.4 Å². The lowest BCUT2D eigenvalue weighted by atomic mass is 9.80. The van der Waals surface area contributed by atoms with Gasteiger partial charge in [-0.05, 0) is 158 Å². The molecule has 2 amide bonds. The first-order chi connectivity index (χ1) is 36.8. The summed E-state index contributed by atoms with van der Waals surface area (Å²) >= 11 is 0. The van der Waals surface area contributed by atoms with E-state index < -0.39 is 7.55 Å². The van der Waals surface area contributed by atoms with Crippen LogP contribution in [0.3, 0.4) is 0 Å². The predicted octanol–water partition coefficient (Wildman–Crippen LogP) is 14.4. The molecule has 0 radical (unpaired) electrons. The highest BCUT2D eigenvalue weighted by Crippen LogP contribution is 2.43. The SMILES string of the molecule is CCCCC(CC)C(=O)Nc1cc2cc(N(c3ccc(C)cc3)c3ccc(C)cc3)ccc2cc1C1=C(O)/C(=c2/cc3c(cc2NC(=O)C(CC)CCCC)=CC(=[PH](c2ccc(C)cc2)c2ccc(C)cc2)C=C3)C1=O. The van der Waals surface area contributed by atoms with E-state index in [9.17, 15) is 14.7 Å². The number of benzene rings is 7. The first-order valence-electron chi connectivity index (χ1n) is 27.4. The molecule has 0 aliphatic heterocycles. The quantitative estimate of drug-likeness (QED) is 0.0744. The second kappa shape index (κ2) is 23.6. The fourth-order valence-corrected chi connectivity index (χ4v) is 13.1. The highest BCUT2D eigenvalue weighted by Gasteiger charge is 2.38. The average Bonchev–Trinajstić information content (AvgIpc) is 3.49. The molecule has 76 heavy (non-hydrogen) atoms. The number of allylic oxidation sites excluding steroid dienone is 3. The Morgan fingerprint density at radius 3 is 1.55 bits per heavy atom. The molecule has 0 saturated heterocycles. The molecule has 7 aromatic carbocycles. The van der Waals surface area contributed by atoms with E-state index in [1.807, 2.05) is 44.2 Å². The Balaban J connectivity index is 1.22. The van der Waals surface area contributed by atoms with Crippen LogP contribution in [0.25, 0.3) is 34.1 Å². The van der Waals surface area contributed by atoms with Gasteiger partial charge in [0.1, 0.15) is 5.76 Å². The molecular weight excluding hydrogens is 954 g/mol. The maximum absolute atomic E-state index is 15.1. The van der Waals surface area contributed by atoms with Crippen LogP contribution in [0.2, 0.25) is 0 Å². The third-order valence-electron chi connectivity index (χ3n) is 15.3. The van der Waals surface area contributed by atoms with E-state index in [0.29, 0.717) is 35.0 Å². The molecule has 9 rings (SSSR count). The minimum atomic E-state index is -1.44. The second-order valence-corrected chi connectivity index (χ2v) is 23.4. The van der Waals surface area contributed by atoms with Crippen molar-refractivity contribution in [2.24, 2.45) is 11.8 Å². The molecule has 0 saturated carbocycles. The van der Waals surface area contributed by atoms with Crippen LogP contribution >= 0.6 is 7.55 Å². The van der Waals surface area contributed by atoms with Crippen molar-refractivity contribution in [3.05, 3.63) is 195 Å². The number of aliphatic hydroxyl groups is 1. The fourth-order valence-electron chi connectivity index (χ4n) is 10.6. The maximum Gasteiger partial charge on any atom is 0.227 e. The number of ketones is 1. The van der Waals surface area contributed by atoms with Crippen molar-refractivity contribution in [2.75, 3.05) is 15.5 Å². The van der Waals surface area contributed by atoms with E-state index in [1.54, 1.807) is 0 Å². The van der Waals surface area contributed by atoms with E-state index >= 15 is 4.79 Å². The number of rotatable bonds is 18. The molecular formula is C68H72N3O4P. The Kier molecular flexibility index (Phi) is 16.6. The zero-order valence-corrected chi connectivity index (χ0v) is 46.4. The summed E-state index contributed by atoms with van der Waals surface area (Å²) < 4.78 is 0. The van der Waals surface area contributed by atoms with Crippen LogP contribution in [0.5, 0.6) is 0 Å². The van der Waals surface area contributed by atoms with Crippen molar-refractivity contribution >= 4 is 104 Å². The van der Waals surface area contributed by atoms with Crippen LogP contribution in [-0.2, 0) is 14.4 Å². The number of Topliss-reactive ketones (excluding diaryl/α,β-unsaturated/α-hetero) is 1. The molecule has 8 heteroatoms. The Hall–Kier alpha value is -7.47. The molecule has 2 unspecified atom stereocenters. The number of nitrogens with one attached hydrogen (secondary N) is 2. The number of carbonyl (C=O) groups excluding carboxylic acids is 3. The summed E-state index contributed by atoms with van der Waals surface area (Å²) in [5.74, 6) is -1.21. The molecule has 0 aromatic heterocycles. The summed E-state index contributed by atoms with van der Waals surface area (Å²) in [6, 6.07) is 48.5. The number of hydrogen-bond acceptors (Lipinski definition) is 5. The van der Waals surface area contributed by atoms with Crippen LogP contribution in [0.1, 0.15) is 112 Å². The van der Waals surface area contributed by atoms with E-state index in [-0.39, 0.29) is 46.3 Å². The fraction of sp³-hybridized carbons (Fsp3) is 0.265. The van der Waals surface area contributed by atoms with E-state index in [1.165, 1.54) is 27.0 Å². The zero-order valence-electron chi connectivity index (χ0n) is 45.4. The molecule has 388 valence electrons. The summed E-state index contributed by atoms with van der Waals surface area (Å²) in [5, 5.41) is 25.8. The summed E-state index contributed by atoms with van der Waals surface area (Å²) in [6.45, 7) is 16.7. The van der Waals surface area contributed by atoms with Gasteiger partial charge in [-0.2, -0.15) is 0 Å². The van der Waals surface area contributed by atoms with E-state index in [4.69, 9.17) is 0 Å². The summed E-state index contributed by atoms with van der Waals surface area (Å²) in [4.78, 5) is 45.9. The molecule has 0 heterocycles. The number of aryl methyl sites for hydroxylation is 4. The van der Waals surface area contributed by atoms with Crippen LogP contribution in [0, 0.1) is 39.5 Å². The molecule has 0 spiro atoms. The maximum atomic E-state index is 15.1. The van der Waals surface area contributed by atoms with Crippen LogP contribution < -0.4 is 36.6 Å². The van der Waals surface area contributed by atoms with Gasteiger partial charge in [0.25, 0.3) is 0 Å². The van der Waals surface area contributed by atoms with E-state index in [2.05, 4.69) is 184 Å². The monoisotopic (exact) mass is 1030 g/mol. The van der Waals surface area contributed by atoms with Crippen molar-refractivity contribution in [2.45, 2.75) is 107 Å². The molecule has 3 N–H and O–H groups in total. The number of carbonyl (C=O) groups is 3. The van der Waals surface area contributed by atoms with Crippen LogP contribution in [-0.4, -0.2) is 28.0 Å². The number of fused-ring (bicyclic) bond motifs is 2. The molecule has 7 aromatic rings. The van der Waals surface area contributed by atoms with Crippen molar-refractivity contribution in [1.82, 2.24) is 0 Å². The molecule has 0 fully saturated rings. The minimum Gasteiger partial charge on any atom is -0.506 e. The van der Waals surface area contributed by atoms with Crippen molar-refractivity contribution in [3.8, 4) is 0 Å². The minimum absolute atomic E-state index is 0.108. The Morgan fingerprint density at radius 2 is 1.05 bits per heavy atom. The number of nitrogens with zero attached hydrogens (tertiary/aromatic N) is 1. The van der Waals surface area contributed by atoms with Crippen LogP contribution in [0.4, 0.5) is 28.4 Å². The van der Waals surface area contributed by atoms with Crippen molar-refractivity contribution in [3.63, 3.8) is 0 Å². The molecule has 7 nitrogen and oxygen atoms in total. The first-order valence-corrected chi connectivity index (χ1v) is 28.9. The Labute approximate surface area is 450 Å². The summed E-state index contributed by atoms with van der Waals surface area (Å²) in [7, 11) is -1.44.